The highest BCUT2D eigenvalue weighted by molar-refractivity contribution is 6.32. The van der Waals surface area contributed by atoms with Crippen LogP contribution in [-0.4, -0.2) is 16.2 Å². The first kappa shape index (κ1) is 19.8. The van der Waals surface area contributed by atoms with Crippen molar-refractivity contribution in [1.82, 2.24) is 9.55 Å². The molecule has 1 N–H and O–H groups in total. The van der Waals surface area contributed by atoms with Gasteiger partial charge in [-0.05, 0) is 24.6 Å². The van der Waals surface area contributed by atoms with E-state index in [1.165, 1.54) is 0 Å². The number of rotatable bonds is 4. The summed E-state index contributed by atoms with van der Waals surface area (Å²) in [5.74, 6) is -1.31. The van der Waals surface area contributed by atoms with Gasteiger partial charge in [-0.3, -0.25) is 14.3 Å². The van der Waals surface area contributed by atoms with Gasteiger partial charge in [0.15, 0.2) is 0 Å². The third-order valence-corrected chi connectivity index (χ3v) is 3.65. The Morgan fingerprint density at radius 3 is 2.50 bits per heavy atom. The van der Waals surface area contributed by atoms with E-state index >= 15 is 0 Å². The molecule has 0 radical (unpaired) electrons. The van der Waals surface area contributed by atoms with E-state index in [1.54, 1.807) is 11.9 Å². The molecule has 0 bridgehead atoms. The Kier molecular flexibility index (Phi) is 5.31. The van der Waals surface area contributed by atoms with E-state index in [4.69, 9.17) is 16.3 Å². The Labute approximate surface area is 149 Å². The molecule has 140 valence electrons. The van der Waals surface area contributed by atoms with Crippen LogP contribution in [0.25, 0.3) is 11.1 Å². The molecule has 0 spiro atoms. The van der Waals surface area contributed by atoms with Gasteiger partial charge in [0, 0.05) is 12.6 Å². The van der Waals surface area contributed by atoms with Crippen molar-refractivity contribution < 1.29 is 22.3 Å². The van der Waals surface area contributed by atoms with Crippen molar-refractivity contribution in [3.8, 4) is 16.9 Å². The molecule has 1 heterocycles. The molecule has 0 aliphatic heterocycles. The molecule has 0 saturated carbocycles. The molecule has 2 aromatic rings. The Morgan fingerprint density at radius 2 is 1.96 bits per heavy atom. The van der Waals surface area contributed by atoms with E-state index in [0.717, 1.165) is 19.2 Å². The van der Waals surface area contributed by atoms with Gasteiger partial charge < -0.3 is 4.74 Å². The number of ether oxygens (including phenoxy) is 1. The van der Waals surface area contributed by atoms with Crippen molar-refractivity contribution in [2.45, 2.75) is 13.1 Å². The number of nitrogens with one attached hydrogen (secondary N) is 1. The van der Waals surface area contributed by atoms with Gasteiger partial charge in [-0.25, -0.2) is 9.18 Å². The molecule has 0 aliphatic rings. The smallest absolute Gasteiger partial charge is 0.432 e. The van der Waals surface area contributed by atoms with Gasteiger partial charge in [0.2, 0.25) is 0 Å². The number of H-pyrrole nitrogens is 1. The molecule has 10 heteroatoms. The van der Waals surface area contributed by atoms with Crippen molar-refractivity contribution in [3.63, 3.8) is 0 Å². The Hall–Kier alpha value is -2.55. The molecule has 0 amide bonds. The van der Waals surface area contributed by atoms with Crippen LogP contribution in [0.15, 0.2) is 33.9 Å². The van der Waals surface area contributed by atoms with Crippen LogP contribution >= 0.6 is 11.6 Å². The predicted octanol–water partition coefficient (Wildman–Crippen LogP) is 3.51. The molecule has 2 rings (SSSR count). The lowest BCUT2D eigenvalue weighted by molar-refractivity contribution is -0.143. The van der Waals surface area contributed by atoms with E-state index in [1.807, 2.05) is 0 Å². The van der Waals surface area contributed by atoms with Crippen molar-refractivity contribution in [1.29, 1.82) is 0 Å². The monoisotopic (exact) mass is 392 g/mol. The number of halogens is 5. The van der Waals surface area contributed by atoms with E-state index in [0.29, 0.717) is 5.57 Å². The summed E-state index contributed by atoms with van der Waals surface area (Å²) in [5.41, 5.74) is -5.41. The molecule has 0 aliphatic carbocycles. The lowest BCUT2D eigenvalue weighted by Gasteiger charge is -2.17. The highest BCUT2D eigenvalue weighted by Gasteiger charge is 2.39. The van der Waals surface area contributed by atoms with Crippen LogP contribution in [-0.2, 0) is 13.2 Å². The summed E-state index contributed by atoms with van der Waals surface area (Å²) in [6.45, 7) is 5.22. The molecule has 1 aromatic carbocycles. The van der Waals surface area contributed by atoms with Gasteiger partial charge in [-0.1, -0.05) is 18.2 Å². The number of hydrogen-bond donors (Lipinski definition) is 1. The second kappa shape index (κ2) is 6.99. The number of nitrogens with zero attached hydrogens (tertiary/aromatic N) is 1. The normalized spacial score (nSPS) is 11.5. The van der Waals surface area contributed by atoms with E-state index in [2.05, 4.69) is 6.58 Å². The SMILES string of the molecule is C=C(C)COc1cc(-c2c(C(F)(F)F)n(C)c(=O)[nH]c2=O)c(F)cc1Cl. The van der Waals surface area contributed by atoms with E-state index in [-0.39, 0.29) is 21.9 Å². The maximum Gasteiger partial charge on any atom is 0.432 e. The highest BCUT2D eigenvalue weighted by Crippen LogP contribution is 2.38. The molecule has 0 unspecified atom stereocenters. The topological polar surface area (TPSA) is 64.1 Å². The maximum atomic E-state index is 14.3. The van der Waals surface area contributed by atoms with Gasteiger partial charge >= 0.3 is 11.9 Å². The second-order valence-corrected chi connectivity index (χ2v) is 5.96. The van der Waals surface area contributed by atoms with Crippen LogP contribution in [0.2, 0.25) is 5.02 Å². The van der Waals surface area contributed by atoms with Crippen LogP contribution in [0.3, 0.4) is 0 Å². The molecule has 0 atom stereocenters. The predicted molar refractivity (Wildman–Crippen MR) is 88.0 cm³/mol. The Balaban J connectivity index is 2.82. The summed E-state index contributed by atoms with van der Waals surface area (Å²) >= 11 is 5.84. The molecular formula is C16H13ClF4N2O3. The minimum absolute atomic E-state index is 0.0133. The summed E-state index contributed by atoms with van der Waals surface area (Å²) < 4.78 is 60.0. The van der Waals surface area contributed by atoms with Gasteiger partial charge in [-0.2, -0.15) is 13.2 Å². The van der Waals surface area contributed by atoms with Crippen LogP contribution in [0, 0.1) is 5.82 Å². The van der Waals surface area contributed by atoms with Crippen LogP contribution in [0.5, 0.6) is 5.75 Å². The van der Waals surface area contributed by atoms with Crippen LogP contribution in [0.4, 0.5) is 17.6 Å². The third-order valence-electron chi connectivity index (χ3n) is 3.36. The fraction of sp³-hybridized carbons (Fsp3) is 0.250. The summed E-state index contributed by atoms with van der Waals surface area (Å²) in [6.07, 6.45) is -5.08. The van der Waals surface area contributed by atoms with Crippen molar-refractivity contribution >= 4 is 11.6 Å². The maximum absolute atomic E-state index is 14.3. The van der Waals surface area contributed by atoms with Crippen LogP contribution < -0.4 is 16.0 Å². The van der Waals surface area contributed by atoms with E-state index in [9.17, 15) is 27.2 Å². The molecule has 5 nitrogen and oxygen atoms in total. The number of benzene rings is 1. The Bertz CT molecular complexity index is 993. The first-order valence-electron chi connectivity index (χ1n) is 7.10. The standard InChI is InChI=1S/C16H13ClF4N2O3/c1-7(2)6-26-11-4-8(10(18)5-9(11)17)12-13(16(19,20)21)23(3)15(25)22-14(12)24/h4-5H,1,6H2,2-3H3,(H,22,24,25). The second-order valence-electron chi connectivity index (χ2n) is 5.55. The fourth-order valence-corrected chi connectivity index (χ4v) is 2.44. The summed E-state index contributed by atoms with van der Waals surface area (Å²) in [4.78, 5) is 25.3. The summed E-state index contributed by atoms with van der Waals surface area (Å²) in [7, 11) is 0.816. The Morgan fingerprint density at radius 1 is 1.35 bits per heavy atom. The van der Waals surface area contributed by atoms with Crippen molar-refractivity contribution in [2.75, 3.05) is 6.61 Å². The molecule has 0 saturated heterocycles. The molecule has 1 aromatic heterocycles. The highest BCUT2D eigenvalue weighted by atomic mass is 35.5. The number of aromatic nitrogens is 2. The lowest BCUT2D eigenvalue weighted by atomic mass is 10.0. The summed E-state index contributed by atoms with van der Waals surface area (Å²) in [5, 5.41) is -0.192. The molecular weight excluding hydrogens is 380 g/mol. The number of hydrogen-bond acceptors (Lipinski definition) is 3. The van der Waals surface area contributed by atoms with Crippen molar-refractivity contribution in [2.24, 2.45) is 7.05 Å². The minimum atomic E-state index is -5.08. The van der Waals surface area contributed by atoms with Crippen LogP contribution in [0.1, 0.15) is 12.6 Å². The quantitative estimate of drug-likeness (QED) is 0.639. The number of aromatic amines is 1. The first-order valence-corrected chi connectivity index (χ1v) is 7.48. The van der Waals surface area contributed by atoms with E-state index < -0.39 is 40.1 Å². The van der Waals surface area contributed by atoms with Gasteiger partial charge in [0.1, 0.15) is 23.9 Å². The lowest BCUT2D eigenvalue weighted by Crippen LogP contribution is -2.35. The average molecular weight is 393 g/mol. The van der Waals surface area contributed by atoms with Gasteiger partial charge in [-0.15, -0.1) is 0 Å². The van der Waals surface area contributed by atoms with Gasteiger partial charge in [0.25, 0.3) is 5.56 Å². The molecule has 0 fully saturated rings. The van der Waals surface area contributed by atoms with Crippen molar-refractivity contribution in [3.05, 3.63) is 61.7 Å². The van der Waals surface area contributed by atoms with Gasteiger partial charge in [0.05, 0.1) is 10.6 Å². The summed E-state index contributed by atoms with van der Waals surface area (Å²) in [6, 6.07) is 1.61. The zero-order valence-corrected chi connectivity index (χ0v) is 14.4. The third kappa shape index (κ3) is 3.82. The minimum Gasteiger partial charge on any atom is -0.488 e. The fourth-order valence-electron chi connectivity index (χ4n) is 2.23. The molecule has 26 heavy (non-hydrogen) atoms. The average Bonchev–Trinajstić information content (AvgIpc) is 2.49. The largest absolute Gasteiger partial charge is 0.488 e. The number of alkyl halides is 3. The first-order chi connectivity index (χ1) is 11.9. The zero-order valence-electron chi connectivity index (χ0n) is 13.6. The zero-order chi connectivity index (χ0) is 19.8.